The van der Waals surface area contributed by atoms with Crippen LogP contribution >= 0.6 is 0 Å². The molecule has 11 heteroatoms. The van der Waals surface area contributed by atoms with Crippen molar-refractivity contribution in [3.05, 3.63) is 40.9 Å². The molecule has 35 heavy (non-hydrogen) atoms. The molecule has 0 atom stereocenters. The average Bonchev–Trinajstić information content (AvgIpc) is 2.89. The number of nitrogens with one attached hydrogen (secondary N) is 2. The van der Waals surface area contributed by atoms with Gasteiger partial charge in [-0.15, -0.1) is 0 Å². The summed E-state index contributed by atoms with van der Waals surface area (Å²) in [5, 5.41) is 5.57. The minimum Gasteiger partial charge on any atom is -0.481 e. The van der Waals surface area contributed by atoms with Crippen LogP contribution in [0.1, 0.15) is 20.3 Å². The third-order valence-corrected chi connectivity index (χ3v) is 5.08. The number of rotatable bonds is 14. The first-order valence-electron chi connectivity index (χ1n) is 11.6. The number of ether oxygens (including phenoxy) is 3. The van der Waals surface area contributed by atoms with Gasteiger partial charge in [-0.2, -0.15) is 0 Å². The van der Waals surface area contributed by atoms with E-state index < -0.39 is 0 Å². The molecule has 0 spiro atoms. The van der Waals surface area contributed by atoms with E-state index in [-0.39, 0.29) is 23.8 Å². The van der Waals surface area contributed by atoms with Crippen molar-refractivity contribution in [2.45, 2.75) is 26.8 Å². The maximum Gasteiger partial charge on any atom is 0.293 e. The zero-order valence-corrected chi connectivity index (χ0v) is 20.4. The molecule has 0 saturated carbocycles. The van der Waals surface area contributed by atoms with Gasteiger partial charge in [-0.3, -0.25) is 14.2 Å². The Bertz CT molecular complexity index is 1170. The van der Waals surface area contributed by atoms with Crippen molar-refractivity contribution in [2.24, 2.45) is 0 Å². The summed E-state index contributed by atoms with van der Waals surface area (Å²) < 4.78 is 17.5. The molecule has 0 unspecified atom stereocenters. The van der Waals surface area contributed by atoms with Gasteiger partial charge >= 0.3 is 0 Å². The third kappa shape index (κ3) is 7.20. The number of fused-ring (bicyclic) bond motifs is 1. The van der Waals surface area contributed by atoms with Crippen LogP contribution in [-0.4, -0.2) is 72.1 Å². The Morgan fingerprint density at radius 3 is 2.60 bits per heavy atom. The van der Waals surface area contributed by atoms with Gasteiger partial charge in [-0.25, -0.2) is 15.0 Å². The molecule has 0 aliphatic rings. The van der Waals surface area contributed by atoms with Crippen LogP contribution in [-0.2, 0) is 20.8 Å². The van der Waals surface area contributed by atoms with Crippen LogP contribution in [0, 0.1) is 0 Å². The predicted octanol–water partition coefficient (Wildman–Crippen LogP) is 1.85. The van der Waals surface area contributed by atoms with E-state index in [1.165, 1.54) is 0 Å². The Labute approximate surface area is 203 Å². The average molecular weight is 485 g/mol. The number of pyridine rings is 2. The van der Waals surface area contributed by atoms with Gasteiger partial charge in [-0.1, -0.05) is 6.92 Å². The van der Waals surface area contributed by atoms with Crippen LogP contribution < -0.4 is 20.9 Å². The van der Waals surface area contributed by atoms with E-state index >= 15 is 0 Å². The second-order valence-electron chi connectivity index (χ2n) is 7.59. The van der Waals surface area contributed by atoms with Crippen molar-refractivity contribution in [1.29, 1.82) is 0 Å². The molecule has 0 fully saturated rings. The maximum atomic E-state index is 13.3. The summed E-state index contributed by atoms with van der Waals surface area (Å²) in [5.41, 5.74) is 2.20. The molecule has 0 aromatic carbocycles. The van der Waals surface area contributed by atoms with Gasteiger partial charge in [0.1, 0.15) is 0 Å². The predicted molar refractivity (Wildman–Crippen MR) is 133 cm³/mol. The fraction of sp³-hybridized carbons (Fsp3) is 0.458. The van der Waals surface area contributed by atoms with Crippen LogP contribution in [0.4, 0.5) is 5.82 Å². The molecule has 3 rings (SSSR count). The van der Waals surface area contributed by atoms with E-state index in [2.05, 4.69) is 25.6 Å². The lowest BCUT2D eigenvalue weighted by Gasteiger charge is -2.14. The number of carbonyl (C=O) groups is 1. The molecule has 0 aliphatic carbocycles. The van der Waals surface area contributed by atoms with E-state index in [4.69, 9.17) is 14.2 Å². The molecule has 0 aliphatic heterocycles. The summed E-state index contributed by atoms with van der Waals surface area (Å²) >= 11 is 0. The summed E-state index contributed by atoms with van der Waals surface area (Å²) in [7, 11) is 1.56. The van der Waals surface area contributed by atoms with Crippen molar-refractivity contribution in [3.8, 4) is 17.0 Å². The lowest BCUT2D eigenvalue weighted by Crippen LogP contribution is -2.35. The monoisotopic (exact) mass is 484 g/mol. The van der Waals surface area contributed by atoms with Gasteiger partial charge in [0.15, 0.2) is 11.5 Å². The van der Waals surface area contributed by atoms with Crippen molar-refractivity contribution in [2.75, 3.05) is 51.9 Å². The van der Waals surface area contributed by atoms with Crippen molar-refractivity contribution in [3.63, 3.8) is 0 Å². The smallest absolute Gasteiger partial charge is 0.293 e. The molecular weight excluding hydrogens is 452 g/mol. The summed E-state index contributed by atoms with van der Waals surface area (Å²) in [5.74, 6) is 0.297. The first-order chi connectivity index (χ1) is 17.1. The first-order valence-corrected chi connectivity index (χ1v) is 11.6. The Kier molecular flexibility index (Phi) is 9.93. The Morgan fingerprint density at radius 2 is 1.89 bits per heavy atom. The summed E-state index contributed by atoms with van der Waals surface area (Å²) in [6.07, 6.45) is 4.24. The molecule has 3 aromatic heterocycles. The van der Waals surface area contributed by atoms with E-state index in [1.807, 2.05) is 26.0 Å². The second-order valence-corrected chi connectivity index (χ2v) is 7.59. The van der Waals surface area contributed by atoms with Gasteiger partial charge in [0.25, 0.3) is 5.56 Å². The molecule has 0 bridgehead atoms. The fourth-order valence-corrected chi connectivity index (χ4v) is 3.32. The van der Waals surface area contributed by atoms with Gasteiger partial charge in [0.05, 0.1) is 32.4 Å². The Hall–Kier alpha value is -3.57. The van der Waals surface area contributed by atoms with Crippen molar-refractivity contribution in [1.82, 2.24) is 24.8 Å². The van der Waals surface area contributed by atoms with Crippen molar-refractivity contribution < 1.29 is 19.0 Å². The zero-order chi connectivity index (χ0) is 25.0. The standard InChI is InChI=1S/C24H32N6O5/c1-4-10-35-12-9-30-19-13-18(17-6-7-21(33-3)26-14-17)15-27-22(19)29-23(24(30)32)28-16-20(31)25-8-11-34-5-2/h6-7,13-15H,4-5,8-12,16H2,1-3H3,(H,25,31)(H,27,28,29). The van der Waals surface area contributed by atoms with Crippen LogP contribution in [0.2, 0.25) is 0 Å². The van der Waals surface area contributed by atoms with Gasteiger partial charge < -0.3 is 24.8 Å². The molecule has 0 saturated heterocycles. The highest BCUT2D eigenvalue weighted by Crippen LogP contribution is 2.23. The highest BCUT2D eigenvalue weighted by Gasteiger charge is 2.14. The molecule has 3 aromatic rings. The highest BCUT2D eigenvalue weighted by atomic mass is 16.5. The van der Waals surface area contributed by atoms with Crippen LogP contribution in [0.25, 0.3) is 22.3 Å². The van der Waals surface area contributed by atoms with E-state index in [0.717, 1.165) is 17.5 Å². The zero-order valence-electron chi connectivity index (χ0n) is 20.4. The van der Waals surface area contributed by atoms with Gasteiger partial charge in [0.2, 0.25) is 11.8 Å². The maximum absolute atomic E-state index is 13.3. The summed E-state index contributed by atoms with van der Waals surface area (Å²) in [4.78, 5) is 38.5. The Balaban J connectivity index is 1.87. The number of aromatic nitrogens is 4. The second kappa shape index (κ2) is 13.4. The number of amides is 1. The lowest BCUT2D eigenvalue weighted by atomic mass is 10.1. The minimum atomic E-state index is -0.355. The normalized spacial score (nSPS) is 10.9. The number of carbonyl (C=O) groups excluding carboxylic acids is 1. The van der Waals surface area contributed by atoms with E-state index in [1.54, 1.807) is 30.1 Å². The van der Waals surface area contributed by atoms with Gasteiger partial charge in [0, 0.05) is 55.9 Å². The number of nitrogens with zero attached hydrogens (tertiary/aromatic N) is 4. The number of anilines is 1. The Morgan fingerprint density at radius 1 is 1.06 bits per heavy atom. The van der Waals surface area contributed by atoms with E-state index in [0.29, 0.717) is 56.6 Å². The minimum absolute atomic E-state index is 0.0549. The first kappa shape index (κ1) is 26.0. The lowest BCUT2D eigenvalue weighted by molar-refractivity contribution is -0.119. The number of hydrogen-bond donors (Lipinski definition) is 2. The molecule has 188 valence electrons. The molecule has 2 N–H and O–H groups in total. The summed E-state index contributed by atoms with van der Waals surface area (Å²) in [6, 6.07) is 5.48. The van der Waals surface area contributed by atoms with Crippen LogP contribution in [0.3, 0.4) is 0 Å². The SMILES string of the molecule is CCCOCCn1c(=O)c(NCC(=O)NCCOCC)nc2ncc(-c3ccc(OC)nc3)cc21. The fourth-order valence-electron chi connectivity index (χ4n) is 3.32. The number of methoxy groups -OCH3 is 1. The quantitative estimate of drug-likeness (QED) is 0.329. The topological polar surface area (TPSA) is 129 Å². The van der Waals surface area contributed by atoms with Gasteiger partial charge in [-0.05, 0) is 25.5 Å². The molecule has 11 nitrogen and oxygen atoms in total. The molecular formula is C24H32N6O5. The van der Waals surface area contributed by atoms with E-state index in [9.17, 15) is 9.59 Å². The summed E-state index contributed by atoms with van der Waals surface area (Å²) in [6.45, 7) is 6.50. The molecule has 1 amide bonds. The molecule has 0 radical (unpaired) electrons. The number of hydrogen-bond acceptors (Lipinski definition) is 9. The largest absolute Gasteiger partial charge is 0.481 e. The van der Waals surface area contributed by atoms with Crippen LogP contribution in [0.15, 0.2) is 35.4 Å². The van der Waals surface area contributed by atoms with Crippen molar-refractivity contribution >= 4 is 22.9 Å². The molecule has 3 heterocycles. The highest BCUT2D eigenvalue weighted by molar-refractivity contribution is 5.82. The van der Waals surface area contributed by atoms with Crippen LogP contribution in [0.5, 0.6) is 5.88 Å². The third-order valence-electron chi connectivity index (χ3n) is 5.08.